The average Bonchev–Trinajstić information content (AvgIpc) is 3.47. The van der Waals surface area contributed by atoms with E-state index in [1.54, 1.807) is 18.3 Å². The Labute approximate surface area is 256 Å². The summed E-state index contributed by atoms with van der Waals surface area (Å²) in [7, 11) is 0. The number of hydrogen-bond donors (Lipinski definition) is 0. The zero-order valence-electron chi connectivity index (χ0n) is 23.0. The number of hydrogen-bond acceptors (Lipinski definition) is 5. The molecule has 6 atom stereocenters. The number of anilines is 1. The van der Waals surface area contributed by atoms with Crippen molar-refractivity contribution in [1.82, 2.24) is 5.01 Å². The van der Waals surface area contributed by atoms with Gasteiger partial charge in [-0.2, -0.15) is 10.1 Å². The first-order valence-electron chi connectivity index (χ1n) is 14.9. The Morgan fingerprint density at radius 2 is 1.26 bits per heavy atom. The molecule has 8 aliphatic rings. The minimum absolute atomic E-state index is 0.0502. The van der Waals surface area contributed by atoms with Crippen LogP contribution in [0.15, 0.2) is 94.5 Å². The lowest BCUT2D eigenvalue weighted by atomic mass is 9.47. The van der Waals surface area contributed by atoms with E-state index in [2.05, 4.69) is 28.1 Å². The van der Waals surface area contributed by atoms with Crippen molar-refractivity contribution < 1.29 is 19.2 Å². The summed E-state index contributed by atoms with van der Waals surface area (Å²) >= 11 is 3.45. The Morgan fingerprint density at radius 3 is 1.81 bits per heavy atom. The fraction of sp³-hybridized carbons (Fsp3) is 0.286. The van der Waals surface area contributed by atoms with E-state index in [1.165, 1.54) is 4.90 Å². The van der Waals surface area contributed by atoms with Crippen LogP contribution in [0.5, 0.6) is 0 Å². The molecule has 4 amide bonds. The van der Waals surface area contributed by atoms with E-state index in [-0.39, 0.29) is 53.2 Å². The van der Waals surface area contributed by atoms with E-state index < -0.39 is 17.3 Å². The third kappa shape index (κ3) is 3.07. The second-order valence-corrected chi connectivity index (χ2v) is 13.5. The maximum atomic E-state index is 14.6. The second kappa shape index (κ2) is 8.69. The molecule has 0 N–H and O–H groups in total. The molecule has 0 radical (unpaired) electrons. The van der Waals surface area contributed by atoms with Crippen LogP contribution in [0.1, 0.15) is 41.0 Å². The number of imide groups is 2. The number of nitrogens with zero attached hydrogens (tertiary/aromatic N) is 3. The smallest absolute Gasteiger partial charge is 0.254 e. The molecule has 2 aliphatic heterocycles. The van der Waals surface area contributed by atoms with Gasteiger partial charge in [0.15, 0.2) is 0 Å². The molecule has 0 aromatic heterocycles. The molecule has 6 aliphatic carbocycles. The topological polar surface area (TPSA) is 87.1 Å². The lowest BCUT2D eigenvalue weighted by molar-refractivity contribution is -0.140. The Bertz CT molecular complexity index is 1770. The van der Waals surface area contributed by atoms with Gasteiger partial charge in [-0.3, -0.25) is 19.2 Å². The molecule has 43 heavy (non-hydrogen) atoms. The summed E-state index contributed by atoms with van der Waals surface area (Å²) < 4.78 is 0.848. The van der Waals surface area contributed by atoms with Gasteiger partial charge in [0.25, 0.3) is 11.8 Å². The highest BCUT2D eigenvalue weighted by atomic mass is 79.9. The number of halogens is 1. The molecule has 4 bridgehead atoms. The molecule has 2 saturated heterocycles. The number of allylic oxidation sites excluding steroid dienone is 2. The van der Waals surface area contributed by atoms with Gasteiger partial charge in [0.2, 0.25) is 11.8 Å². The van der Waals surface area contributed by atoms with Gasteiger partial charge in [0.05, 0.1) is 34.8 Å². The predicted octanol–water partition coefficient (Wildman–Crippen LogP) is 5.18. The Balaban J connectivity index is 1.24. The van der Waals surface area contributed by atoms with Crippen LogP contribution in [-0.4, -0.2) is 34.9 Å². The van der Waals surface area contributed by atoms with E-state index in [9.17, 15) is 19.2 Å². The van der Waals surface area contributed by atoms with Gasteiger partial charge in [-0.15, -0.1) is 0 Å². The summed E-state index contributed by atoms with van der Waals surface area (Å²) in [6, 6.07) is 23.0. The summed E-state index contributed by atoms with van der Waals surface area (Å²) in [5, 5.41) is 5.78. The van der Waals surface area contributed by atoms with Crippen molar-refractivity contribution in [2.75, 3.05) is 4.90 Å². The summed E-state index contributed by atoms with van der Waals surface area (Å²) in [5.74, 6) is -3.49. The third-order valence-corrected chi connectivity index (χ3v) is 11.4. The fourth-order valence-corrected chi connectivity index (χ4v) is 9.48. The number of carbonyl (C=O) groups is 4. The van der Waals surface area contributed by atoms with Gasteiger partial charge in [0.1, 0.15) is 0 Å². The van der Waals surface area contributed by atoms with Crippen LogP contribution in [0.25, 0.3) is 0 Å². The van der Waals surface area contributed by atoms with Gasteiger partial charge in [-0.1, -0.05) is 76.6 Å². The quantitative estimate of drug-likeness (QED) is 0.226. The summed E-state index contributed by atoms with van der Waals surface area (Å²) in [5.41, 5.74) is 3.10. The molecule has 2 heterocycles. The maximum Gasteiger partial charge on any atom is 0.254 e. The molecular weight excluding hydrogens is 606 g/mol. The second-order valence-electron chi connectivity index (χ2n) is 12.6. The van der Waals surface area contributed by atoms with Crippen LogP contribution < -0.4 is 4.90 Å². The fourth-order valence-electron chi connectivity index (χ4n) is 9.22. The van der Waals surface area contributed by atoms with Gasteiger partial charge >= 0.3 is 0 Å². The first-order valence-corrected chi connectivity index (χ1v) is 15.6. The van der Waals surface area contributed by atoms with Crippen molar-refractivity contribution in [2.45, 2.75) is 24.2 Å². The SMILES string of the molecule is O=C1[C@@H]2[C@H](C(=O)N1/N=C\C13c4ccccc4C(c4ccccc41)[C@H]1C(=O)N(c4ccc(Br)cc4)C(=O)[C@H]13)[C@H]1C=C[C@H]2CC1. The third-order valence-electron chi connectivity index (χ3n) is 10.9. The van der Waals surface area contributed by atoms with Crippen molar-refractivity contribution in [2.24, 2.45) is 40.6 Å². The standard InChI is InChI=1S/C35H26BrN3O4/c36-20-13-15-21(16-14-20)38-31(40)29-28-22-5-1-3-7-24(22)35(30(29)34(38)43,25-8-4-2-6-23(25)28)17-37-39-32(41)26-18-9-10-19(12-11-18)27(26)33(39)42/h1-10,13-19,26-30H,11-12H2/b37-17-/t18-,19-,26-,27+,28?,29+,30-,35?/m0/s1. The highest BCUT2D eigenvalue weighted by Crippen LogP contribution is 2.64. The zero-order valence-corrected chi connectivity index (χ0v) is 24.6. The molecule has 8 heteroatoms. The van der Waals surface area contributed by atoms with Crippen LogP contribution in [0.4, 0.5) is 5.69 Å². The number of rotatable bonds is 3. The molecule has 11 rings (SSSR count). The molecule has 0 unspecified atom stereocenters. The molecule has 3 fully saturated rings. The normalized spacial score (nSPS) is 34.7. The van der Waals surface area contributed by atoms with E-state index >= 15 is 0 Å². The number of carbonyl (C=O) groups excluding carboxylic acids is 4. The Hall–Kier alpha value is -4.17. The molecule has 7 nitrogen and oxygen atoms in total. The van der Waals surface area contributed by atoms with Crippen LogP contribution in [0.3, 0.4) is 0 Å². The van der Waals surface area contributed by atoms with Crippen LogP contribution in [-0.2, 0) is 24.6 Å². The maximum absolute atomic E-state index is 14.6. The molecule has 0 spiro atoms. The number of benzene rings is 3. The van der Waals surface area contributed by atoms with E-state index in [0.717, 1.165) is 44.6 Å². The zero-order chi connectivity index (χ0) is 29.2. The van der Waals surface area contributed by atoms with E-state index in [0.29, 0.717) is 5.69 Å². The highest BCUT2D eigenvalue weighted by molar-refractivity contribution is 9.10. The summed E-state index contributed by atoms with van der Waals surface area (Å²) in [6.07, 6.45) is 7.63. The highest BCUT2D eigenvalue weighted by Gasteiger charge is 2.68. The van der Waals surface area contributed by atoms with Gasteiger partial charge < -0.3 is 0 Å². The van der Waals surface area contributed by atoms with Gasteiger partial charge in [-0.25, -0.2) is 4.90 Å². The molecule has 3 aromatic carbocycles. The van der Waals surface area contributed by atoms with Crippen LogP contribution in [0, 0.1) is 35.5 Å². The van der Waals surface area contributed by atoms with Crippen LogP contribution >= 0.6 is 15.9 Å². The first kappa shape index (κ1) is 25.3. The van der Waals surface area contributed by atoms with Crippen LogP contribution in [0.2, 0.25) is 0 Å². The summed E-state index contributed by atoms with van der Waals surface area (Å²) in [6.45, 7) is 0. The molecule has 1 saturated carbocycles. The molecule has 3 aromatic rings. The van der Waals surface area contributed by atoms with Crippen molar-refractivity contribution in [1.29, 1.82) is 0 Å². The average molecular weight is 633 g/mol. The van der Waals surface area contributed by atoms with Crippen molar-refractivity contribution in [3.8, 4) is 0 Å². The monoisotopic (exact) mass is 631 g/mol. The lowest BCUT2D eigenvalue weighted by Gasteiger charge is -2.52. The number of hydrazone groups is 1. The number of fused-ring (bicyclic) bond motifs is 1. The minimum atomic E-state index is -1.14. The van der Waals surface area contributed by atoms with Crippen molar-refractivity contribution >= 4 is 51.5 Å². The first-order chi connectivity index (χ1) is 20.9. The largest absolute Gasteiger partial charge is 0.274 e. The van der Waals surface area contributed by atoms with Gasteiger partial charge in [-0.05, 0) is 71.2 Å². The van der Waals surface area contributed by atoms with Gasteiger partial charge in [0, 0.05) is 16.6 Å². The van der Waals surface area contributed by atoms with E-state index in [4.69, 9.17) is 5.10 Å². The van der Waals surface area contributed by atoms with Crippen molar-refractivity contribution in [3.63, 3.8) is 0 Å². The predicted molar refractivity (Wildman–Crippen MR) is 162 cm³/mol. The minimum Gasteiger partial charge on any atom is -0.274 e. The van der Waals surface area contributed by atoms with Crippen molar-refractivity contribution in [3.05, 3.63) is 112 Å². The molecular formula is C35H26BrN3O4. The number of amides is 4. The van der Waals surface area contributed by atoms with E-state index in [1.807, 2.05) is 60.7 Å². The Morgan fingerprint density at radius 1 is 0.698 bits per heavy atom. The lowest BCUT2D eigenvalue weighted by Crippen LogP contribution is -2.55. The molecule has 212 valence electrons. The summed E-state index contributed by atoms with van der Waals surface area (Å²) in [4.78, 5) is 57.7. The Kier molecular flexibility index (Phi) is 5.12.